The van der Waals surface area contributed by atoms with E-state index in [9.17, 15) is 19.7 Å². The zero-order valence-electron chi connectivity index (χ0n) is 19.7. The maximum absolute atomic E-state index is 13.2. The van der Waals surface area contributed by atoms with Gasteiger partial charge in [-0.2, -0.15) is 0 Å². The molecule has 0 unspecified atom stereocenters. The Morgan fingerprint density at radius 3 is 2.34 bits per heavy atom. The van der Waals surface area contributed by atoms with Crippen LogP contribution in [-0.4, -0.2) is 33.6 Å². The second-order valence-electron chi connectivity index (χ2n) is 12.2. The fourth-order valence-corrected chi connectivity index (χ4v) is 9.09. The minimum Gasteiger partial charge on any atom is -0.393 e. The van der Waals surface area contributed by atoms with Crippen molar-refractivity contribution in [3.05, 3.63) is 35.6 Å². The molecule has 1 aromatic rings. The fourth-order valence-electron chi connectivity index (χ4n) is 9.09. The summed E-state index contributed by atoms with van der Waals surface area (Å²) >= 11 is 0. The highest BCUT2D eigenvalue weighted by Crippen LogP contribution is 2.67. The van der Waals surface area contributed by atoms with Gasteiger partial charge in [0.2, 0.25) is 0 Å². The first-order valence-electron chi connectivity index (χ1n) is 13.0. The van der Waals surface area contributed by atoms with Crippen molar-refractivity contribution in [2.24, 2.45) is 40.4 Å². The minimum absolute atomic E-state index is 0.0851. The van der Waals surface area contributed by atoms with Gasteiger partial charge in [-0.3, -0.25) is 0 Å². The molecule has 0 bridgehead atoms. The molecule has 0 saturated heterocycles. The fraction of sp³-hybridized carbons (Fsp3) is 0.786. The van der Waals surface area contributed by atoms with Crippen molar-refractivity contribution in [3.8, 4) is 0 Å². The number of hydrogen-bond donors (Lipinski definition) is 3. The van der Waals surface area contributed by atoms with Crippen molar-refractivity contribution in [2.45, 2.75) is 96.4 Å². The van der Waals surface area contributed by atoms with Crippen LogP contribution in [0.2, 0.25) is 0 Å². The predicted molar refractivity (Wildman–Crippen MR) is 123 cm³/mol. The summed E-state index contributed by atoms with van der Waals surface area (Å²) < 4.78 is 13.2. The molecule has 0 aliphatic heterocycles. The highest BCUT2D eigenvalue weighted by Gasteiger charge is 2.61. The zero-order chi connectivity index (χ0) is 22.7. The van der Waals surface area contributed by atoms with Crippen LogP contribution in [0.4, 0.5) is 4.39 Å². The van der Waals surface area contributed by atoms with E-state index >= 15 is 0 Å². The van der Waals surface area contributed by atoms with Gasteiger partial charge in [0.1, 0.15) is 5.82 Å². The van der Waals surface area contributed by atoms with Gasteiger partial charge in [-0.15, -0.1) is 0 Å². The molecule has 0 radical (unpaired) electrons. The maximum Gasteiger partial charge on any atom is 0.123 e. The van der Waals surface area contributed by atoms with Crippen LogP contribution in [0.3, 0.4) is 0 Å². The van der Waals surface area contributed by atoms with E-state index in [-0.39, 0.29) is 23.3 Å². The van der Waals surface area contributed by atoms with E-state index in [0.29, 0.717) is 23.7 Å². The van der Waals surface area contributed by atoms with Crippen molar-refractivity contribution < 1.29 is 19.7 Å². The molecule has 4 saturated carbocycles. The summed E-state index contributed by atoms with van der Waals surface area (Å²) in [4.78, 5) is 0. The second kappa shape index (κ2) is 8.36. The topological polar surface area (TPSA) is 60.7 Å². The van der Waals surface area contributed by atoms with Gasteiger partial charge in [-0.25, -0.2) is 4.39 Å². The standard InChI is InChI=1S/C28H41FO3/c1-27-13-11-20(30)16-18(27)5-8-21-22-9-10-24(28(22,2)14-12-23(21)27)26(32)25(31)15-17-3-6-19(29)7-4-17/h3-4,6-7,18,20-26,30-32H,5,8-16H2,1-2H3/t18-,20-,21-,22-,23-,24+,25+,26-,27-,28-/m0/s1. The van der Waals surface area contributed by atoms with Crippen LogP contribution in [0.15, 0.2) is 24.3 Å². The molecule has 4 aliphatic carbocycles. The SMILES string of the molecule is C[C@]12CC[C@H](O)C[C@@H]1CC[C@@H]1[C@@H]2CC[C@]2(C)[C@@H]([C@H](O)[C@H](O)Cc3ccc(F)cc3)CC[C@@H]12. The summed E-state index contributed by atoms with van der Waals surface area (Å²) in [5.74, 6) is 2.61. The predicted octanol–water partition coefficient (Wildman–Crippen LogP) is 5.11. The Morgan fingerprint density at radius 2 is 1.59 bits per heavy atom. The molecule has 3 N–H and O–H groups in total. The molecular weight excluding hydrogens is 403 g/mol. The summed E-state index contributed by atoms with van der Waals surface area (Å²) in [7, 11) is 0. The highest BCUT2D eigenvalue weighted by molar-refractivity contribution is 5.18. The van der Waals surface area contributed by atoms with Crippen molar-refractivity contribution in [3.63, 3.8) is 0 Å². The molecule has 4 heteroatoms. The van der Waals surface area contributed by atoms with E-state index in [1.807, 2.05) is 0 Å². The maximum atomic E-state index is 13.2. The molecule has 178 valence electrons. The number of halogens is 1. The van der Waals surface area contributed by atoms with Crippen LogP contribution >= 0.6 is 0 Å². The van der Waals surface area contributed by atoms with Crippen LogP contribution in [0.1, 0.15) is 77.2 Å². The van der Waals surface area contributed by atoms with Crippen molar-refractivity contribution >= 4 is 0 Å². The van der Waals surface area contributed by atoms with E-state index in [4.69, 9.17) is 0 Å². The Hall–Kier alpha value is -0.970. The monoisotopic (exact) mass is 444 g/mol. The summed E-state index contributed by atoms with van der Waals surface area (Å²) in [5.41, 5.74) is 1.32. The molecule has 4 aliphatic rings. The normalized spacial score (nSPS) is 45.4. The number of fused-ring (bicyclic) bond motifs is 5. The van der Waals surface area contributed by atoms with Crippen molar-refractivity contribution in [1.82, 2.24) is 0 Å². The summed E-state index contributed by atoms with van der Waals surface area (Å²) in [6.45, 7) is 4.90. The lowest BCUT2D eigenvalue weighted by Gasteiger charge is -2.61. The van der Waals surface area contributed by atoms with Gasteiger partial charge >= 0.3 is 0 Å². The molecule has 5 rings (SSSR count). The largest absolute Gasteiger partial charge is 0.393 e. The first kappa shape index (κ1) is 22.8. The Labute approximate surface area is 192 Å². The third kappa shape index (κ3) is 3.65. The molecule has 32 heavy (non-hydrogen) atoms. The van der Waals surface area contributed by atoms with Crippen LogP contribution < -0.4 is 0 Å². The molecular formula is C28H41FO3. The van der Waals surface area contributed by atoms with Crippen molar-refractivity contribution in [1.29, 1.82) is 0 Å². The lowest BCUT2D eigenvalue weighted by molar-refractivity contribution is -0.139. The van der Waals surface area contributed by atoms with Crippen LogP contribution in [-0.2, 0) is 6.42 Å². The molecule has 0 aromatic heterocycles. The highest BCUT2D eigenvalue weighted by atomic mass is 19.1. The van der Waals surface area contributed by atoms with Gasteiger partial charge in [-0.05, 0) is 116 Å². The number of hydrogen-bond acceptors (Lipinski definition) is 3. The number of aliphatic hydroxyl groups is 3. The Balaban J connectivity index is 1.31. The molecule has 0 spiro atoms. The molecule has 1 aromatic carbocycles. The van der Waals surface area contributed by atoms with Crippen molar-refractivity contribution in [2.75, 3.05) is 0 Å². The lowest BCUT2D eigenvalue weighted by Crippen LogP contribution is -2.55. The van der Waals surface area contributed by atoms with Gasteiger partial charge in [-0.1, -0.05) is 26.0 Å². The minimum atomic E-state index is -0.813. The van der Waals surface area contributed by atoms with E-state index in [2.05, 4.69) is 13.8 Å². The summed E-state index contributed by atoms with van der Waals surface area (Å²) in [5, 5.41) is 32.4. The van der Waals surface area contributed by atoms with Gasteiger partial charge < -0.3 is 15.3 Å². The summed E-state index contributed by atoms with van der Waals surface area (Å²) in [6, 6.07) is 6.25. The van der Waals surface area contributed by atoms with Gasteiger partial charge in [0.15, 0.2) is 0 Å². The number of rotatable bonds is 4. The third-order valence-corrected chi connectivity index (χ3v) is 10.9. The van der Waals surface area contributed by atoms with Crippen LogP contribution in [0, 0.1) is 46.2 Å². The second-order valence-corrected chi connectivity index (χ2v) is 12.2. The lowest BCUT2D eigenvalue weighted by atomic mass is 9.44. The van der Waals surface area contributed by atoms with Crippen LogP contribution in [0.25, 0.3) is 0 Å². The number of aliphatic hydroxyl groups excluding tert-OH is 3. The average Bonchev–Trinajstić information content (AvgIpc) is 3.12. The molecule has 10 atom stereocenters. The zero-order valence-corrected chi connectivity index (χ0v) is 19.7. The average molecular weight is 445 g/mol. The van der Waals surface area contributed by atoms with E-state index in [0.717, 1.165) is 55.9 Å². The van der Waals surface area contributed by atoms with Gasteiger partial charge in [0.25, 0.3) is 0 Å². The van der Waals surface area contributed by atoms with E-state index in [1.165, 1.54) is 31.4 Å². The van der Waals surface area contributed by atoms with E-state index in [1.54, 1.807) is 12.1 Å². The van der Waals surface area contributed by atoms with E-state index < -0.39 is 12.2 Å². The van der Waals surface area contributed by atoms with Gasteiger partial charge in [0, 0.05) is 6.42 Å². The first-order valence-corrected chi connectivity index (χ1v) is 13.0. The number of benzene rings is 1. The molecule has 3 nitrogen and oxygen atoms in total. The molecule has 0 amide bonds. The first-order chi connectivity index (χ1) is 15.2. The third-order valence-electron chi connectivity index (χ3n) is 10.9. The van der Waals surface area contributed by atoms with Gasteiger partial charge in [0.05, 0.1) is 18.3 Å². The quantitative estimate of drug-likeness (QED) is 0.605. The smallest absolute Gasteiger partial charge is 0.123 e. The molecule has 4 fully saturated rings. The Morgan fingerprint density at radius 1 is 0.906 bits per heavy atom. The summed E-state index contributed by atoms with van der Waals surface area (Å²) in [6.07, 6.45) is 8.82. The van der Waals surface area contributed by atoms with Crippen LogP contribution in [0.5, 0.6) is 0 Å². The molecule has 0 heterocycles. The Bertz CT molecular complexity index is 811. The Kier molecular flexibility index (Phi) is 5.96.